The number of hydrogen-bond acceptors (Lipinski definition) is 4. The van der Waals surface area contributed by atoms with E-state index < -0.39 is 10.0 Å². The maximum absolute atomic E-state index is 12.1. The van der Waals surface area contributed by atoms with Crippen LogP contribution in [0.5, 0.6) is 0 Å². The van der Waals surface area contributed by atoms with Crippen LogP contribution in [0.25, 0.3) is 0 Å². The molecule has 0 fully saturated rings. The predicted octanol–water partition coefficient (Wildman–Crippen LogP) is 0.0705. The Morgan fingerprint density at radius 1 is 1.58 bits per heavy atom. The number of sulfonamides is 1. The molecular formula is C11H16N4O3S. The number of aliphatic hydroxyl groups excluding tert-OH is 1. The minimum atomic E-state index is -3.59. The predicted molar refractivity (Wildman–Crippen MR) is 68.7 cm³/mol. The van der Waals surface area contributed by atoms with Gasteiger partial charge in [-0.25, -0.2) is 13.1 Å². The highest BCUT2D eigenvalue weighted by Crippen LogP contribution is 2.11. The molecule has 0 aliphatic rings. The Hall–Kier alpha value is -1.64. The van der Waals surface area contributed by atoms with Crippen molar-refractivity contribution < 1.29 is 13.5 Å². The zero-order valence-electron chi connectivity index (χ0n) is 10.4. The Bertz CT molecular complexity index is 618. The van der Waals surface area contributed by atoms with Crippen molar-refractivity contribution in [1.82, 2.24) is 19.5 Å². The number of H-pyrrole nitrogens is 1. The third-order valence-corrected chi connectivity index (χ3v) is 4.14. The molecule has 0 aliphatic heterocycles. The minimum Gasteiger partial charge on any atom is -0.390 e. The van der Waals surface area contributed by atoms with Gasteiger partial charge < -0.3 is 10.1 Å². The fourth-order valence-corrected chi connectivity index (χ4v) is 2.98. The van der Waals surface area contributed by atoms with Gasteiger partial charge >= 0.3 is 0 Å². The van der Waals surface area contributed by atoms with E-state index in [-0.39, 0.29) is 17.5 Å². The lowest BCUT2D eigenvalue weighted by Crippen LogP contribution is -2.35. The van der Waals surface area contributed by atoms with E-state index in [1.54, 1.807) is 30.1 Å². The van der Waals surface area contributed by atoms with Crippen molar-refractivity contribution in [3.8, 4) is 0 Å². The van der Waals surface area contributed by atoms with Crippen molar-refractivity contribution in [3.63, 3.8) is 0 Å². The molecule has 0 saturated carbocycles. The molecule has 7 nitrogen and oxygen atoms in total. The molecule has 0 bridgehead atoms. The van der Waals surface area contributed by atoms with E-state index in [0.29, 0.717) is 12.2 Å². The quantitative estimate of drug-likeness (QED) is 0.699. The van der Waals surface area contributed by atoms with Gasteiger partial charge in [0.2, 0.25) is 10.0 Å². The van der Waals surface area contributed by atoms with Crippen LogP contribution in [-0.2, 0) is 23.2 Å². The molecule has 2 rings (SSSR count). The summed E-state index contributed by atoms with van der Waals surface area (Å²) in [7, 11) is -3.59. The largest absolute Gasteiger partial charge is 0.390 e. The standard InChI is InChI=1S/C11H16N4O3S/c1-9(7-15-4-2-3-13-15)14-19(17,18)11-5-10(8-16)12-6-11/h2-6,9,12,14,16H,7-8H2,1H3. The summed E-state index contributed by atoms with van der Waals surface area (Å²) in [4.78, 5) is 2.81. The van der Waals surface area contributed by atoms with Crippen molar-refractivity contribution in [1.29, 1.82) is 0 Å². The van der Waals surface area contributed by atoms with Crippen LogP contribution in [0.4, 0.5) is 0 Å². The number of nitrogens with one attached hydrogen (secondary N) is 2. The van der Waals surface area contributed by atoms with E-state index in [4.69, 9.17) is 5.11 Å². The second-order valence-electron chi connectivity index (χ2n) is 4.27. The van der Waals surface area contributed by atoms with E-state index >= 15 is 0 Å². The summed E-state index contributed by atoms with van der Waals surface area (Å²) >= 11 is 0. The van der Waals surface area contributed by atoms with Crippen molar-refractivity contribution in [2.24, 2.45) is 0 Å². The van der Waals surface area contributed by atoms with Crippen molar-refractivity contribution in [3.05, 3.63) is 36.4 Å². The molecule has 2 aromatic rings. The number of aliphatic hydroxyl groups is 1. The second kappa shape index (κ2) is 5.55. The molecule has 0 spiro atoms. The second-order valence-corrected chi connectivity index (χ2v) is 5.98. The molecule has 0 saturated heterocycles. The normalized spacial score (nSPS) is 13.6. The molecule has 0 radical (unpaired) electrons. The summed E-state index contributed by atoms with van der Waals surface area (Å²) in [5.74, 6) is 0. The van der Waals surface area contributed by atoms with E-state index in [1.807, 2.05) is 0 Å². The summed E-state index contributed by atoms with van der Waals surface area (Å²) in [6.07, 6.45) is 4.76. The molecule has 0 amide bonds. The maximum Gasteiger partial charge on any atom is 0.242 e. The lowest BCUT2D eigenvalue weighted by molar-refractivity contribution is 0.277. The number of aromatic amines is 1. The lowest BCUT2D eigenvalue weighted by atomic mass is 10.4. The van der Waals surface area contributed by atoms with Gasteiger partial charge in [-0.3, -0.25) is 4.68 Å². The van der Waals surface area contributed by atoms with Crippen LogP contribution in [0.2, 0.25) is 0 Å². The number of aromatic nitrogens is 3. The molecule has 104 valence electrons. The van der Waals surface area contributed by atoms with Gasteiger partial charge in [-0.2, -0.15) is 5.10 Å². The van der Waals surface area contributed by atoms with Crippen LogP contribution in [0.3, 0.4) is 0 Å². The molecule has 2 heterocycles. The van der Waals surface area contributed by atoms with Gasteiger partial charge in [0, 0.05) is 30.3 Å². The summed E-state index contributed by atoms with van der Waals surface area (Å²) in [5.41, 5.74) is 0.458. The topological polar surface area (TPSA) is 100 Å². The lowest BCUT2D eigenvalue weighted by Gasteiger charge is -2.13. The highest BCUT2D eigenvalue weighted by molar-refractivity contribution is 7.89. The zero-order valence-corrected chi connectivity index (χ0v) is 11.3. The Morgan fingerprint density at radius 3 is 2.95 bits per heavy atom. The number of nitrogens with zero attached hydrogens (tertiary/aromatic N) is 2. The monoisotopic (exact) mass is 284 g/mol. The number of hydrogen-bond donors (Lipinski definition) is 3. The third kappa shape index (κ3) is 3.43. The van der Waals surface area contributed by atoms with Crippen LogP contribution in [-0.4, -0.2) is 34.3 Å². The van der Waals surface area contributed by atoms with Gasteiger partial charge in [-0.15, -0.1) is 0 Å². The summed E-state index contributed by atoms with van der Waals surface area (Å²) < 4.78 is 28.3. The summed E-state index contributed by atoms with van der Waals surface area (Å²) in [6.45, 7) is 1.99. The minimum absolute atomic E-state index is 0.115. The van der Waals surface area contributed by atoms with Crippen molar-refractivity contribution >= 4 is 10.0 Å². The molecule has 0 aromatic carbocycles. The average molecular weight is 284 g/mol. The van der Waals surface area contributed by atoms with E-state index in [9.17, 15) is 8.42 Å². The van der Waals surface area contributed by atoms with E-state index in [2.05, 4.69) is 14.8 Å². The highest BCUT2D eigenvalue weighted by Gasteiger charge is 2.19. The molecular weight excluding hydrogens is 268 g/mol. The van der Waals surface area contributed by atoms with E-state index in [0.717, 1.165) is 0 Å². The van der Waals surface area contributed by atoms with Crippen LogP contribution in [0.15, 0.2) is 35.6 Å². The van der Waals surface area contributed by atoms with Crippen molar-refractivity contribution in [2.75, 3.05) is 0 Å². The summed E-state index contributed by atoms with van der Waals surface area (Å²) in [6, 6.07) is 2.89. The third-order valence-electron chi connectivity index (χ3n) is 2.57. The van der Waals surface area contributed by atoms with Crippen LogP contribution >= 0.6 is 0 Å². The van der Waals surface area contributed by atoms with Crippen LogP contribution in [0, 0.1) is 0 Å². The van der Waals surface area contributed by atoms with Gasteiger partial charge in [0.05, 0.1) is 18.0 Å². The first kappa shape index (κ1) is 13.8. The fraction of sp³-hybridized carbons (Fsp3) is 0.364. The molecule has 8 heteroatoms. The maximum atomic E-state index is 12.1. The van der Waals surface area contributed by atoms with Gasteiger partial charge in [-0.05, 0) is 19.1 Å². The Morgan fingerprint density at radius 2 is 2.37 bits per heavy atom. The Kier molecular flexibility index (Phi) is 4.03. The first-order valence-electron chi connectivity index (χ1n) is 5.79. The smallest absolute Gasteiger partial charge is 0.242 e. The SMILES string of the molecule is CC(Cn1cccn1)NS(=O)(=O)c1c[nH]c(CO)c1. The highest BCUT2D eigenvalue weighted by atomic mass is 32.2. The van der Waals surface area contributed by atoms with E-state index in [1.165, 1.54) is 12.3 Å². The molecule has 19 heavy (non-hydrogen) atoms. The molecule has 3 N–H and O–H groups in total. The van der Waals surface area contributed by atoms with Gasteiger partial charge in [0.25, 0.3) is 0 Å². The first-order valence-corrected chi connectivity index (χ1v) is 7.27. The van der Waals surface area contributed by atoms with Gasteiger partial charge in [-0.1, -0.05) is 0 Å². The average Bonchev–Trinajstić information content (AvgIpc) is 2.97. The van der Waals surface area contributed by atoms with Gasteiger partial charge in [0.1, 0.15) is 0 Å². The van der Waals surface area contributed by atoms with Crippen LogP contribution < -0.4 is 4.72 Å². The fourth-order valence-electron chi connectivity index (χ4n) is 1.72. The summed E-state index contributed by atoms with van der Waals surface area (Å²) in [5, 5.41) is 12.9. The Labute approximate surface area is 111 Å². The molecule has 1 unspecified atom stereocenters. The van der Waals surface area contributed by atoms with Crippen molar-refractivity contribution in [2.45, 2.75) is 31.0 Å². The molecule has 2 aromatic heterocycles. The number of rotatable bonds is 6. The van der Waals surface area contributed by atoms with Crippen LogP contribution in [0.1, 0.15) is 12.6 Å². The zero-order chi connectivity index (χ0) is 13.9. The van der Waals surface area contributed by atoms with Gasteiger partial charge in [0.15, 0.2) is 0 Å². The molecule has 1 atom stereocenters. The Balaban J connectivity index is 2.04. The first-order chi connectivity index (χ1) is 9.01. The molecule has 0 aliphatic carbocycles.